The van der Waals surface area contributed by atoms with Crippen molar-refractivity contribution in [3.05, 3.63) is 28.8 Å². The SMILES string of the molecule is Cc1cc(C)c2c(c1)C(=O)CC(C(=O)O)N2. The van der Waals surface area contributed by atoms with Crippen LogP contribution in [0.3, 0.4) is 0 Å². The molecule has 16 heavy (non-hydrogen) atoms. The Morgan fingerprint density at radius 1 is 1.44 bits per heavy atom. The number of anilines is 1. The van der Waals surface area contributed by atoms with E-state index in [1.165, 1.54) is 0 Å². The molecule has 0 saturated heterocycles. The number of nitrogens with one attached hydrogen (secondary N) is 1. The molecular formula is C12H13NO3. The Morgan fingerprint density at radius 3 is 2.75 bits per heavy atom. The molecule has 0 aromatic heterocycles. The second-order valence-electron chi connectivity index (χ2n) is 4.17. The number of hydrogen-bond acceptors (Lipinski definition) is 3. The summed E-state index contributed by atoms with van der Waals surface area (Å²) >= 11 is 0. The van der Waals surface area contributed by atoms with Gasteiger partial charge in [-0.05, 0) is 31.0 Å². The lowest BCUT2D eigenvalue weighted by atomic mass is 9.93. The number of carbonyl (C=O) groups excluding carboxylic acids is 1. The van der Waals surface area contributed by atoms with Crippen molar-refractivity contribution in [2.24, 2.45) is 0 Å². The second kappa shape index (κ2) is 3.63. The Morgan fingerprint density at radius 2 is 2.12 bits per heavy atom. The van der Waals surface area contributed by atoms with Crippen LogP contribution in [0.1, 0.15) is 27.9 Å². The average Bonchev–Trinajstić information content (AvgIpc) is 2.19. The zero-order valence-electron chi connectivity index (χ0n) is 9.20. The molecule has 1 aliphatic heterocycles. The van der Waals surface area contributed by atoms with Crippen molar-refractivity contribution in [3.63, 3.8) is 0 Å². The standard InChI is InChI=1S/C12H13NO3/c1-6-3-7(2)11-8(4-6)10(14)5-9(13-11)12(15)16/h3-4,9,13H,5H2,1-2H3,(H,15,16). The molecule has 4 nitrogen and oxygen atoms in total. The predicted molar refractivity (Wildman–Crippen MR) is 59.9 cm³/mol. The molecule has 0 bridgehead atoms. The van der Waals surface area contributed by atoms with Crippen LogP contribution >= 0.6 is 0 Å². The fourth-order valence-electron chi connectivity index (χ4n) is 2.05. The Bertz CT molecular complexity index is 479. The first kappa shape index (κ1) is 10.7. The van der Waals surface area contributed by atoms with E-state index >= 15 is 0 Å². The van der Waals surface area contributed by atoms with Gasteiger partial charge in [-0.1, -0.05) is 6.07 Å². The van der Waals surface area contributed by atoms with Gasteiger partial charge in [0, 0.05) is 17.7 Å². The minimum absolute atomic E-state index is 0.0191. The largest absolute Gasteiger partial charge is 0.480 e. The first-order valence-electron chi connectivity index (χ1n) is 5.13. The van der Waals surface area contributed by atoms with E-state index in [-0.39, 0.29) is 12.2 Å². The zero-order chi connectivity index (χ0) is 11.9. The lowest BCUT2D eigenvalue weighted by Crippen LogP contribution is -2.36. The van der Waals surface area contributed by atoms with Gasteiger partial charge in [0.05, 0.1) is 0 Å². The van der Waals surface area contributed by atoms with E-state index in [4.69, 9.17) is 5.11 Å². The van der Waals surface area contributed by atoms with Crippen LogP contribution in [0.5, 0.6) is 0 Å². The van der Waals surface area contributed by atoms with E-state index < -0.39 is 12.0 Å². The highest BCUT2D eigenvalue weighted by Crippen LogP contribution is 2.29. The van der Waals surface area contributed by atoms with Gasteiger partial charge in [-0.3, -0.25) is 4.79 Å². The van der Waals surface area contributed by atoms with E-state index in [0.29, 0.717) is 11.3 Å². The van der Waals surface area contributed by atoms with Crippen LogP contribution in [-0.2, 0) is 4.79 Å². The number of carbonyl (C=O) groups is 2. The van der Waals surface area contributed by atoms with Gasteiger partial charge < -0.3 is 10.4 Å². The van der Waals surface area contributed by atoms with Crippen LogP contribution in [0.25, 0.3) is 0 Å². The zero-order valence-corrected chi connectivity index (χ0v) is 9.20. The summed E-state index contributed by atoms with van der Waals surface area (Å²) in [5, 5.41) is 11.8. The van der Waals surface area contributed by atoms with E-state index in [2.05, 4.69) is 5.32 Å². The molecule has 1 heterocycles. The molecular weight excluding hydrogens is 206 g/mol. The van der Waals surface area contributed by atoms with Crippen molar-refractivity contribution in [2.45, 2.75) is 26.3 Å². The van der Waals surface area contributed by atoms with Crippen LogP contribution in [-0.4, -0.2) is 22.9 Å². The third kappa shape index (κ3) is 1.66. The maximum atomic E-state index is 11.8. The van der Waals surface area contributed by atoms with Gasteiger partial charge in [0.25, 0.3) is 0 Å². The van der Waals surface area contributed by atoms with Crippen molar-refractivity contribution < 1.29 is 14.7 Å². The molecule has 0 radical (unpaired) electrons. The molecule has 0 amide bonds. The van der Waals surface area contributed by atoms with Crippen molar-refractivity contribution in [1.29, 1.82) is 0 Å². The van der Waals surface area contributed by atoms with Crippen LogP contribution in [0.2, 0.25) is 0 Å². The molecule has 0 saturated carbocycles. The number of rotatable bonds is 1. The van der Waals surface area contributed by atoms with Crippen LogP contribution in [0, 0.1) is 13.8 Å². The van der Waals surface area contributed by atoms with Crippen molar-refractivity contribution in [3.8, 4) is 0 Å². The van der Waals surface area contributed by atoms with Crippen molar-refractivity contribution in [1.82, 2.24) is 0 Å². The monoisotopic (exact) mass is 219 g/mol. The summed E-state index contributed by atoms with van der Waals surface area (Å²) in [7, 11) is 0. The molecule has 0 aliphatic carbocycles. The summed E-state index contributed by atoms with van der Waals surface area (Å²) in [6.07, 6.45) is 0.0191. The molecule has 0 spiro atoms. The summed E-state index contributed by atoms with van der Waals surface area (Å²) in [5.74, 6) is -1.09. The van der Waals surface area contributed by atoms with E-state index in [9.17, 15) is 9.59 Å². The van der Waals surface area contributed by atoms with E-state index in [1.54, 1.807) is 6.07 Å². The first-order valence-corrected chi connectivity index (χ1v) is 5.13. The molecule has 1 aliphatic rings. The number of Topliss-reactive ketones (excluding diaryl/α,β-unsaturated/α-hetero) is 1. The fraction of sp³-hybridized carbons (Fsp3) is 0.333. The van der Waals surface area contributed by atoms with Gasteiger partial charge >= 0.3 is 5.97 Å². The first-order chi connectivity index (χ1) is 7.49. The average molecular weight is 219 g/mol. The number of carboxylic acids is 1. The normalized spacial score (nSPS) is 18.9. The van der Waals surface area contributed by atoms with Gasteiger partial charge in [0.1, 0.15) is 6.04 Å². The Hall–Kier alpha value is -1.84. The number of benzene rings is 1. The number of fused-ring (bicyclic) bond motifs is 1. The quantitative estimate of drug-likeness (QED) is 0.755. The topological polar surface area (TPSA) is 66.4 Å². The highest BCUT2D eigenvalue weighted by Gasteiger charge is 2.29. The van der Waals surface area contributed by atoms with Gasteiger partial charge in [-0.15, -0.1) is 0 Å². The third-order valence-corrected chi connectivity index (χ3v) is 2.79. The molecule has 1 unspecified atom stereocenters. The van der Waals surface area contributed by atoms with Crippen molar-refractivity contribution >= 4 is 17.4 Å². The third-order valence-electron chi connectivity index (χ3n) is 2.79. The minimum atomic E-state index is -0.987. The summed E-state index contributed by atoms with van der Waals surface area (Å²) < 4.78 is 0. The molecule has 0 fully saturated rings. The number of hydrogen-bond donors (Lipinski definition) is 2. The summed E-state index contributed by atoms with van der Waals surface area (Å²) in [6.45, 7) is 3.79. The molecule has 2 N–H and O–H groups in total. The lowest BCUT2D eigenvalue weighted by molar-refractivity contribution is -0.137. The van der Waals surface area contributed by atoms with Gasteiger partial charge in [-0.25, -0.2) is 4.79 Å². The Kier molecular flexibility index (Phi) is 2.42. The number of carboxylic acid groups (broad SMARTS) is 1. The molecule has 84 valence electrons. The smallest absolute Gasteiger partial charge is 0.326 e. The molecule has 4 heteroatoms. The Labute approximate surface area is 93.3 Å². The number of aliphatic carboxylic acids is 1. The fourth-order valence-corrected chi connectivity index (χ4v) is 2.05. The van der Waals surface area contributed by atoms with Crippen LogP contribution in [0.4, 0.5) is 5.69 Å². The maximum absolute atomic E-state index is 11.8. The van der Waals surface area contributed by atoms with E-state index in [0.717, 1.165) is 11.1 Å². The van der Waals surface area contributed by atoms with E-state index in [1.807, 2.05) is 19.9 Å². The van der Waals surface area contributed by atoms with Gasteiger partial charge in [-0.2, -0.15) is 0 Å². The minimum Gasteiger partial charge on any atom is -0.480 e. The second-order valence-corrected chi connectivity index (χ2v) is 4.17. The predicted octanol–water partition coefficient (Wildman–Crippen LogP) is 1.75. The molecule has 1 aromatic carbocycles. The summed E-state index contributed by atoms with van der Waals surface area (Å²) in [5.41, 5.74) is 3.19. The highest BCUT2D eigenvalue weighted by atomic mass is 16.4. The summed E-state index contributed by atoms with van der Waals surface area (Å²) in [6, 6.07) is 2.93. The Balaban J connectivity index is 2.50. The van der Waals surface area contributed by atoms with Gasteiger partial charge in [0.2, 0.25) is 0 Å². The van der Waals surface area contributed by atoms with Crippen molar-refractivity contribution in [2.75, 3.05) is 5.32 Å². The molecule has 2 rings (SSSR count). The number of ketones is 1. The van der Waals surface area contributed by atoms with Crippen LogP contribution in [0.15, 0.2) is 12.1 Å². The van der Waals surface area contributed by atoms with Crippen LogP contribution < -0.4 is 5.32 Å². The molecule has 1 atom stereocenters. The highest BCUT2D eigenvalue weighted by molar-refractivity contribution is 6.07. The van der Waals surface area contributed by atoms with Gasteiger partial charge in [0.15, 0.2) is 5.78 Å². The summed E-state index contributed by atoms with van der Waals surface area (Å²) in [4.78, 5) is 22.7. The lowest BCUT2D eigenvalue weighted by Gasteiger charge is -2.25. The maximum Gasteiger partial charge on any atom is 0.326 e. The molecule has 1 aromatic rings. The number of aryl methyl sites for hydroxylation is 2.